The van der Waals surface area contributed by atoms with Gasteiger partial charge in [-0.15, -0.1) is 5.10 Å². The summed E-state index contributed by atoms with van der Waals surface area (Å²) in [6, 6.07) is 9.08. The average Bonchev–Trinajstić information content (AvgIpc) is 3.41. The van der Waals surface area contributed by atoms with Crippen LogP contribution in [-0.2, 0) is 4.79 Å². The zero-order chi connectivity index (χ0) is 23.6. The van der Waals surface area contributed by atoms with Gasteiger partial charge in [0.15, 0.2) is 0 Å². The van der Waals surface area contributed by atoms with E-state index in [1.807, 2.05) is 25.1 Å². The first-order valence-electron chi connectivity index (χ1n) is 11.0. The largest absolute Gasteiger partial charge is 0.384 e. The molecule has 2 aromatic carbocycles. The van der Waals surface area contributed by atoms with Gasteiger partial charge in [0.25, 0.3) is 0 Å². The van der Waals surface area contributed by atoms with Crippen molar-refractivity contribution in [2.24, 2.45) is 5.41 Å². The molecule has 9 heteroatoms. The normalized spacial score (nSPS) is 14.8. The molecule has 3 aromatic rings. The molecule has 0 aliphatic heterocycles. The summed E-state index contributed by atoms with van der Waals surface area (Å²) >= 11 is 0. The van der Waals surface area contributed by atoms with Gasteiger partial charge in [-0.25, -0.2) is 13.5 Å². The number of halogens is 2. The minimum atomic E-state index is -0.683. The maximum atomic E-state index is 13.5. The van der Waals surface area contributed by atoms with Crippen LogP contribution in [0.25, 0.3) is 5.69 Å². The number of nitrogens with zero attached hydrogens (tertiary/aromatic N) is 4. The third kappa shape index (κ3) is 5.13. The Morgan fingerprint density at radius 1 is 1.06 bits per heavy atom. The fourth-order valence-corrected chi connectivity index (χ4v) is 4.47. The van der Waals surface area contributed by atoms with E-state index >= 15 is 0 Å². The zero-order valence-corrected chi connectivity index (χ0v) is 19.0. The van der Waals surface area contributed by atoms with Gasteiger partial charge < -0.3 is 15.5 Å². The van der Waals surface area contributed by atoms with Crippen LogP contribution in [0.3, 0.4) is 0 Å². The highest BCUT2D eigenvalue weighted by Gasteiger charge is 2.41. The summed E-state index contributed by atoms with van der Waals surface area (Å²) in [5.41, 5.74) is 2.55. The first-order valence-corrected chi connectivity index (χ1v) is 11.0. The molecule has 2 N–H and O–H groups in total. The van der Waals surface area contributed by atoms with Crippen molar-refractivity contribution in [1.29, 1.82) is 0 Å². The second kappa shape index (κ2) is 9.17. The van der Waals surface area contributed by atoms with Crippen LogP contribution in [-0.4, -0.2) is 46.2 Å². The highest BCUT2D eigenvalue weighted by atomic mass is 19.1. The quantitative estimate of drug-likeness (QED) is 0.543. The monoisotopic (exact) mass is 454 g/mol. The minimum absolute atomic E-state index is 0.169. The lowest BCUT2D eigenvalue weighted by atomic mass is 9.84. The topological polar surface area (TPSA) is 75.1 Å². The molecule has 0 spiro atoms. The average molecular weight is 455 g/mol. The van der Waals surface area contributed by atoms with Gasteiger partial charge in [0.1, 0.15) is 18.0 Å². The van der Waals surface area contributed by atoms with Crippen molar-refractivity contribution >= 4 is 23.2 Å². The molecule has 1 heterocycles. The van der Waals surface area contributed by atoms with Gasteiger partial charge >= 0.3 is 0 Å². The Bertz CT molecular complexity index is 1130. The van der Waals surface area contributed by atoms with Crippen LogP contribution < -0.4 is 10.6 Å². The molecule has 4 rings (SSSR count). The number of hydrogen-bond acceptors (Lipinski definition) is 5. The zero-order valence-electron chi connectivity index (χ0n) is 19.0. The predicted molar refractivity (Wildman–Crippen MR) is 124 cm³/mol. The van der Waals surface area contributed by atoms with E-state index in [-0.39, 0.29) is 17.0 Å². The molecule has 0 saturated heterocycles. The second-order valence-corrected chi connectivity index (χ2v) is 8.89. The Labute approximate surface area is 191 Å². The van der Waals surface area contributed by atoms with Crippen LogP contribution >= 0.6 is 0 Å². The number of rotatable bonds is 7. The number of carbonyl (C=O) groups excluding carboxylic acids is 1. The Balaban J connectivity index is 1.49. The molecule has 1 aliphatic carbocycles. The van der Waals surface area contributed by atoms with Crippen molar-refractivity contribution in [2.45, 2.75) is 32.6 Å². The summed E-state index contributed by atoms with van der Waals surface area (Å²) in [6.07, 6.45) is 5.28. The van der Waals surface area contributed by atoms with E-state index in [0.717, 1.165) is 48.7 Å². The lowest BCUT2D eigenvalue weighted by Gasteiger charge is -2.31. The molecule has 1 amide bonds. The van der Waals surface area contributed by atoms with Gasteiger partial charge in [0, 0.05) is 38.1 Å². The summed E-state index contributed by atoms with van der Waals surface area (Å²) in [5, 5.41) is 10.9. The first-order chi connectivity index (χ1) is 15.7. The van der Waals surface area contributed by atoms with Crippen molar-refractivity contribution in [3.63, 3.8) is 0 Å². The van der Waals surface area contributed by atoms with Crippen LogP contribution in [0, 0.1) is 24.0 Å². The molecule has 1 fully saturated rings. The van der Waals surface area contributed by atoms with Crippen LogP contribution in [0.5, 0.6) is 0 Å². The van der Waals surface area contributed by atoms with E-state index in [2.05, 4.69) is 20.7 Å². The highest BCUT2D eigenvalue weighted by molar-refractivity contribution is 5.83. The molecular formula is C24H28F2N6O. The molecule has 1 aliphatic rings. The van der Waals surface area contributed by atoms with E-state index < -0.39 is 11.6 Å². The molecule has 33 heavy (non-hydrogen) atoms. The summed E-state index contributed by atoms with van der Waals surface area (Å²) in [6.45, 7) is 2.55. The molecule has 0 atom stereocenters. The van der Waals surface area contributed by atoms with Gasteiger partial charge in [-0.05, 0) is 55.7 Å². The molecule has 1 saturated carbocycles. The number of carbonyl (C=O) groups is 1. The van der Waals surface area contributed by atoms with Crippen molar-refractivity contribution in [3.05, 3.63) is 59.9 Å². The molecule has 1 aromatic heterocycles. The Morgan fingerprint density at radius 2 is 1.73 bits per heavy atom. The SMILES string of the molecule is Cc1cc(NCC2(C(=O)N(C)C)CCCC2)cc(Nc2ncn(-c3cc(F)cc(F)c3)n2)c1. The maximum absolute atomic E-state index is 13.5. The lowest BCUT2D eigenvalue weighted by Crippen LogP contribution is -2.43. The lowest BCUT2D eigenvalue weighted by molar-refractivity contribution is -0.138. The van der Waals surface area contributed by atoms with Gasteiger partial charge in [0.05, 0.1) is 11.1 Å². The summed E-state index contributed by atoms with van der Waals surface area (Å²) < 4.78 is 28.3. The molecule has 174 valence electrons. The van der Waals surface area contributed by atoms with Crippen molar-refractivity contribution in [1.82, 2.24) is 19.7 Å². The fraction of sp³-hybridized carbons (Fsp3) is 0.375. The molecule has 0 radical (unpaired) electrons. The van der Waals surface area contributed by atoms with Gasteiger partial charge in [-0.2, -0.15) is 4.98 Å². The fourth-order valence-electron chi connectivity index (χ4n) is 4.47. The smallest absolute Gasteiger partial charge is 0.246 e. The summed E-state index contributed by atoms with van der Waals surface area (Å²) in [7, 11) is 3.61. The van der Waals surface area contributed by atoms with Crippen molar-refractivity contribution < 1.29 is 13.6 Å². The number of aryl methyl sites for hydroxylation is 1. The number of aromatic nitrogens is 3. The van der Waals surface area contributed by atoms with Crippen LogP contribution in [0.4, 0.5) is 26.1 Å². The van der Waals surface area contributed by atoms with Crippen LogP contribution in [0.1, 0.15) is 31.2 Å². The Morgan fingerprint density at radius 3 is 2.39 bits per heavy atom. The van der Waals surface area contributed by atoms with Crippen molar-refractivity contribution in [3.8, 4) is 5.69 Å². The predicted octanol–water partition coefficient (Wildman–Crippen LogP) is 4.66. The van der Waals surface area contributed by atoms with Gasteiger partial charge in [0.2, 0.25) is 11.9 Å². The highest BCUT2D eigenvalue weighted by Crippen LogP contribution is 2.39. The number of benzene rings is 2. The summed E-state index contributed by atoms with van der Waals surface area (Å²) in [5.74, 6) is -0.900. The summed E-state index contributed by atoms with van der Waals surface area (Å²) in [4.78, 5) is 18.7. The second-order valence-electron chi connectivity index (χ2n) is 8.89. The van der Waals surface area contributed by atoms with E-state index in [1.165, 1.54) is 23.1 Å². The standard InChI is InChI=1S/C24H28F2N6O/c1-16-8-19(27-14-24(6-4-5-7-24)22(33)31(2)3)13-20(9-16)29-23-28-15-32(30-23)21-11-17(25)10-18(26)12-21/h8-13,15,27H,4-7,14H2,1-3H3,(H,29,30). The van der Waals surface area contributed by atoms with E-state index in [1.54, 1.807) is 19.0 Å². The van der Waals surface area contributed by atoms with Crippen LogP contribution in [0.15, 0.2) is 42.7 Å². The number of amides is 1. The first kappa shape index (κ1) is 22.7. The van der Waals surface area contributed by atoms with Gasteiger partial charge in [-0.1, -0.05) is 12.8 Å². The van der Waals surface area contributed by atoms with E-state index in [9.17, 15) is 13.6 Å². The number of hydrogen-bond donors (Lipinski definition) is 2. The molecule has 0 bridgehead atoms. The number of nitrogens with one attached hydrogen (secondary N) is 2. The maximum Gasteiger partial charge on any atom is 0.246 e. The molecule has 0 unspecified atom stereocenters. The third-order valence-electron chi connectivity index (χ3n) is 5.99. The van der Waals surface area contributed by atoms with Crippen LogP contribution in [0.2, 0.25) is 0 Å². The molecule has 7 nitrogen and oxygen atoms in total. The Hall–Kier alpha value is -3.49. The van der Waals surface area contributed by atoms with Crippen molar-refractivity contribution in [2.75, 3.05) is 31.3 Å². The third-order valence-corrected chi connectivity index (χ3v) is 5.99. The van der Waals surface area contributed by atoms with E-state index in [4.69, 9.17) is 0 Å². The van der Waals surface area contributed by atoms with E-state index in [0.29, 0.717) is 12.5 Å². The Kier molecular flexibility index (Phi) is 6.31. The van der Waals surface area contributed by atoms with Gasteiger partial charge in [-0.3, -0.25) is 4.79 Å². The minimum Gasteiger partial charge on any atom is -0.384 e. The molecular weight excluding hydrogens is 426 g/mol. The number of anilines is 3.